The van der Waals surface area contributed by atoms with Gasteiger partial charge in [0.2, 0.25) is 0 Å². The van der Waals surface area contributed by atoms with Crippen LogP contribution in [0.3, 0.4) is 0 Å². The largest absolute Gasteiger partial charge is 0.150 e. The van der Waals surface area contributed by atoms with Gasteiger partial charge in [0.25, 0.3) is 0 Å². The minimum Gasteiger partial charge on any atom is -0.150 e. The predicted molar refractivity (Wildman–Crippen MR) is 66.6 cm³/mol. The molecule has 3 rings (SSSR count). The molecule has 0 fully saturated rings. The van der Waals surface area contributed by atoms with Crippen LogP contribution in [0.25, 0.3) is 16.7 Å². The third-order valence-electron chi connectivity index (χ3n) is 2.33. The van der Waals surface area contributed by atoms with Crippen molar-refractivity contribution in [3.8, 4) is 5.69 Å². The second-order valence-electron chi connectivity index (χ2n) is 3.46. The van der Waals surface area contributed by atoms with Crippen LogP contribution in [0.4, 0.5) is 0 Å². The second kappa shape index (κ2) is 3.72. The van der Waals surface area contributed by atoms with E-state index >= 15 is 0 Å². The second-order valence-corrected chi connectivity index (χ2v) is 4.37. The Bertz CT molecular complexity index is 631. The topological polar surface area (TPSA) is 30.7 Å². The molecule has 0 amide bonds. The van der Waals surface area contributed by atoms with Gasteiger partial charge in [-0.3, -0.25) is 0 Å². The van der Waals surface area contributed by atoms with E-state index < -0.39 is 0 Å². The summed E-state index contributed by atoms with van der Waals surface area (Å²) in [5.74, 6) is 0. The minimum atomic E-state index is 0.887. The van der Waals surface area contributed by atoms with Gasteiger partial charge >= 0.3 is 0 Å². The van der Waals surface area contributed by atoms with Gasteiger partial charge in [0.05, 0.1) is 5.69 Å². The Labute approximate surface area is 101 Å². The van der Waals surface area contributed by atoms with Gasteiger partial charge in [-0.05, 0) is 30.3 Å². The quantitative estimate of drug-likeness (QED) is 0.682. The third kappa shape index (κ3) is 1.61. The Morgan fingerprint density at radius 2 is 1.62 bits per heavy atom. The van der Waals surface area contributed by atoms with Crippen LogP contribution in [0, 0.1) is 0 Å². The van der Waals surface area contributed by atoms with Crippen LogP contribution in [-0.2, 0) is 0 Å². The SMILES string of the molecule is Brc1ccc2nn(-c3ccccc3)nc2c1. The average molecular weight is 274 g/mol. The number of hydrogen-bond donors (Lipinski definition) is 0. The number of para-hydroxylation sites is 1. The summed E-state index contributed by atoms with van der Waals surface area (Å²) >= 11 is 3.42. The number of rotatable bonds is 1. The molecule has 0 radical (unpaired) electrons. The molecule has 0 aliphatic heterocycles. The van der Waals surface area contributed by atoms with Gasteiger partial charge in [0.15, 0.2) is 0 Å². The summed E-state index contributed by atoms with van der Waals surface area (Å²) in [7, 11) is 0. The van der Waals surface area contributed by atoms with Gasteiger partial charge in [-0.1, -0.05) is 34.1 Å². The maximum absolute atomic E-state index is 4.42. The lowest BCUT2D eigenvalue weighted by atomic mass is 10.3. The lowest BCUT2D eigenvalue weighted by Gasteiger charge is -1.96. The molecule has 1 heterocycles. The van der Waals surface area contributed by atoms with E-state index in [0.717, 1.165) is 21.2 Å². The Hall–Kier alpha value is -1.68. The van der Waals surface area contributed by atoms with Gasteiger partial charge in [0.1, 0.15) is 11.0 Å². The van der Waals surface area contributed by atoms with E-state index in [1.165, 1.54) is 0 Å². The van der Waals surface area contributed by atoms with Crippen molar-refractivity contribution < 1.29 is 0 Å². The molecule has 0 aliphatic rings. The molecular weight excluding hydrogens is 266 g/mol. The number of nitrogens with zero attached hydrogens (tertiary/aromatic N) is 3. The zero-order valence-electron chi connectivity index (χ0n) is 8.34. The number of hydrogen-bond acceptors (Lipinski definition) is 2. The number of aromatic nitrogens is 3. The fraction of sp³-hybridized carbons (Fsp3) is 0. The molecule has 78 valence electrons. The molecule has 0 saturated carbocycles. The Balaban J connectivity index is 2.19. The Kier molecular flexibility index (Phi) is 2.22. The predicted octanol–water partition coefficient (Wildman–Crippen LogP) is 3.18. The van der Waals surface area contributed by atoms with E-state index in [1.807, 2.05) is 48.5 Å². The van der Waals surface area contributed by atoms with Crippen molar-refractivity contribution in [3.63, 3.8) is 0 Å². The molecule has 0 saturated heterocycles. The van der Waals surface area contributed by atoms with Crippen molar-refractivity contribution in [1.82, 2.24) is 15.0 Å². The first-order valence-corrected chi connectivity index (χ1v) is 5.70. The smallest absolute Gasteiger partial charge is 0.114 e. The maximum Gasteiger partial charge on any atom is 0.114 e. The molecule has 0 atom stereocenters. The van der Waals surface area contributed by atoms with Crippen LogP contribution in [0.1, 0.15) is 0 Å². The summed E-state index contributed by atoms with van der Waals surface area (Å²) in [5.41, 5.74) is 2.75. The zero-order valence-corrected chi connectivity index (χ0v) is 9.92. The number of halogens is 1. The highest BCUT2D eigenvalue weighted by Gasteiger charge is 2.03. The molecule has 0 spiro atoms. The van der Waals surface area contributed by atoms with Crippen molar-refractivity contribution in [3.05, 3.63) is 53.0 Å². The maximum atomic E-state index is 4.42. The highest BCUT2D eigenvalue weighted by Crippen LogP contribution is 2.17. The van der Waals surface area contributed by atoms with Gasteiger partial charge in [0, 0.05) is 4.47 Å². The lowest BCUT2D eigenvalue weighted by Crippen LogP contribution is -1.97. The molecule has 3 aromatic rings. The van der Waals surface area contributed by atoms with Crippen LogP contribution >= 0.6 is 15.9 Å². The van der Waals surface area contributed by atoms with E-state index in [9.17, 15) is 0 Å². The van der Waals surface area contributed by atoms with Crippen molar-refractivity contribution in [2.75, 3.05) is 0 Å². The zero-order chi connectivity index (χ0) is 11.0. The van der Waals surface area contributed by atoms with E-state index in [4.69, 9.17) is 0 Å². The first-order chi connectivity index (χ1) is 7.83. The van der Waals surface area contributed by atoms with Gasteiger partial charge in [-0.25, -0.2) is 0 Å². The van der Waals surface area contributed by atoms with E-state index in [2.05, 4.69) is 26.1 Å². The Morgan fingerprint density at radius 1 is 0.875 bits per heavy atom. The molecular formula is C12H8BrN3. The molecule has 4 heteroatoms. The van der Waals surface area contributed by atoms with Crippen LogP contribution in [0.15, 0.2) is 53.0 Å². The number of benzene rings is 2. The van der Waals surface area contributed by atoms with Crippen molar-refractivity contribution in [1.29, 1.82) is 0 Å². The number of fused-ring (bicyclic) bond motifs is 1. The lowest BCUT2D eigenvalue weighted by molar-refractivity contribution is 0.766. The molecule has 0 aliphatic carbocycles. The molecule has 16 heavy (non-hydrogen) atoms. The normalized spacial score (nSPS) is 10.8. The van der Waals surface area contributed by atoms with E-state index in [0.29, 0.717) is 0 Å². The first kappa shape index (κ1) is 9.54. The summed E-state index contributed by atoms with van der Waals surface area (Å²) in [4.78, 5) is 1.65. The van der Waals surface area contributed by atoms with Crippen molar-refractivity contribution >= 4 is 27.0 Å². The average Bonchev–Trinajstić information content (AvgIpc) is 2.73. The summed E-state index contributed by atoms with van der Waals surface area (Å²) in [6.45, 7) is 0. The van der Waals surface area contributed by atoms with Crippen LogP contribution in [0.2, 0.25) is 0 Å². The fourth-order valence-corrected chi connectivity index (χ4v) is 1.91. The Morgan fingerprint density at radius 3 is 2.44 bits per heavy atom. The summed E-state index contributed by atoms with van der Waals surface area (Å²) in [6, 6.07) is 15.8. The molecule has 0 unspecified atom stereocenters. The minimum absolute atomic E-state index is 0.887. The van der Waals surface area contributed by atoms with Gasteiger partial charge in [-0.15, -0.1) is 10.2 Å². The van der Waals surface area contributed by atoms with Gasteiger partial charge < -0.3 is 0 Å². The molecule has 2 aromatic carbocycles. The van der Waals surface area contributed by atoms with Crippen LogP contribution < -0.4 is 0 Å². The van der Waals surface area contributed by atoms with Crippen LogP contribution in [0.5, 0.6) is 0 Å². The highest BCUT2D eigenvalue weighted by atomic mass is 79.9. The molecule has 1 aromatic heterocycles. The molecule has 0 N–H and O–H groups in total. The summed E-state index contributed by atoms with van der Waals surface area (Å²) in [5, 5.41) is 8.83. The summed E-state index contributed by atoms with van der Waals surface area (Å²) in [6.07, 6.45) is 0. The molecule has 0 bridgehead atoms. The third-order valence-corrected chi connectivity index (χ3v) is 2.82. The van der Waals surface area contributed by atoms with E-state index in [1.54, 1.807) is 4.80 Å². The van der Waals surface area contributed by atoms with Crippen molar-refractivity contribution in [2.45, 2.75) is 0 Å². The summed E-state index contributed by atoms with van der Waals surface area (Å²) < 4.78 is 1.01. The van der Waals surface area contributed by atoms with Crippen molar-refractivity contribution in [2.24, 2.45) is 0 Å². The fourth-order valence-electron chi connectivity index (χ4n) is 1.56. The first-order valence-electron chi connectivity index (χ1n) is 4.91. The molecule has 3 nitrogen and oxygen atoms in total. The highest BCUT2D eigenvalue weighted by molar-refractivity contribution is 9.10. The standard InChI is InChI=1S/C12H8BrN3/c13-9-6-7-11-12(8-9)15-16(14-11)10-4-2-1-3-5-10/h1-8H. The monoisotopic (exact) mass is 273 g/mol. The van der Waals surface area contributed by atoms with Crippen LogP contribution in [-0.4, -0.2) is 15.0 Å². The van der Waals surface area contributed by atoms with E-state index in [-0.39, 0.29) is 0 Å². The van der Waals surface area contributed by atoms with Gasteiger partial charge in [-0.2, -0.15) is 4.80 Å².